The molecule has 0 saturated carbocycles. The van der Waals surface area contributed by atoms with Crippen LogP contribution in [0.2, 0.25) is 5.02 Å². The molecule has 0 aromatic heterocycles. The molecular weight excluding hydrogens is 444 g/mol. The summed E-state index contributed by atoms with van der Waals surface area (Å²) < 4.78 is 0.859. The van der Waals surface area contributed by atoms with E-state index < -0.39 is 23.8 Å². The van der Waals surface area contributed by atoms with Crippen LogP contribution in [0.3, 0.4) is 0 Å². The van der Waals surface area contributed by atoms with Gasteiger partial charge in [0.05, 0.1) is 17.9 Å². The summed E-state index contributed by atoms with van der Waals surface area (Å²) in [5.74, 6) is -2.23. The molecule has 0 radical (unpaired) electrons. The second kappa shape index (κ2) is 6.29. The highest BCUT2D eigenvalue weighted by Crippen LogP contribution is 2.47. The summed E-state index contributed by atoms with van der Waals surface area (Å²) in [6.07, 6.45) is 3.83. The summed E-state index contributed by atoms with van der Waals surface area (Å²) in [5.41, 5.74) is 2.17. The third-order valence-electron chi connectivity index (χ3n) is 5.71. The summed E-state index contributed by atoms with van der Waals surface area (Å²) in [6, 6.07) is 11.3. The lowest BCUT2D eigenvalue weighted by atomic mass is 9.86. The van der Waals surface area contributed by atoms with Crippen LogP contribution in [0.25, 0.3) is 6.08 Å². The molecule has 2 aromatic rings. The van der Waals surface area contributed by atoms with Gasteiger partial charge in [0.25, 0.3) is 0 Å². The highest BCUT2D eigenvalue weighted by Gasteiger charge is 2.61. The van der Waals surface area contributed by atoms with Crippen LogP contribution in [0.1, 0.15) is 15.9 Å². The largest absolute Gasteiger partial charge is 0.352 e. The first kappa shape index (κ1) is 17.6. The first-order valence-corrected chi connectivity index (χ1v) is 10.0. The molecule has 2 saturated heterocycles. The Morgan fingerprint density at radius 3 is 2.50 bits per heavy atom. The highest BCUT2D eigenvalue weighted by molar-refractivity contribution is 9.10. The number of ketones is 1. The summed E-state index contributed by atoms with van der Waals surface area (Å²) >= 11 is 9.59. The lowest BCUT2D eigenvalue weighted by Gasteiger charge is -2.36. The van der Waals surface area contributed by atoms with Gasteiger partial charge in [0, 0.05) is 20.7 Å². The van der Waals surface area contributed by atoms with Crippen molar-refractivity contribution in [1.29, 1.82) is 0 Å². The summed E-state index contributed by atoms with van der Waals surface area (Å²) in [4.78, 5) is 40.5. The number of hydrogen-bond acceptors (Lipinski definition) is 4. The highest BCUT2D eigenvalue weighted by atomic mass is 79.9. The number of hydrogen-bond donors (Lipinski definition) is 1. The van der Waals surface area contributed by atoms with Gasteiger partial charge in [-0.2, -0.15) is 0 Å². The van der Waals surface area contributed by atoms with E-state index in [1.165, 1.54) is 0 Å². The van der Waals surface area contributed by atoms with Crippen LogP contribution in [0.4, 0.5) is 5.69 Å². The predicted octanol–water partition coefficient (Wildman–Crippen LogP) is 3.46. The summed E-state index contributed by atoms with van der Waals surface area (Å²) in [5, 5.41) is 2.95. The van der Waals surface area contributed by atoms with Crippen LogP contribution in [0, 0.1) is 11.8 Å². The van der Waals surface area contributed by atoms with Crippen LogP contribution in [0.5, 0.6) is 0 Å². The number of nitrogens with one attached hydrogen (secondary N) is 1. The zero-order valence-electron chi connectivity index (χ0n) is 14.4. The standard InChI is InChI=1S/C21H14BrClN2O3/c22-12-5-1-11(2-6-12)19(26)18-17-16(20(27)24-21(17)28)14-8-4-10-3-7-13(23)9-15(10)25(14)18/h1-9,14,16-18H,(H,24,27,28)/t14-,16-,17+,18-/m0/s1. The van der Waals surface area contributed by atoms with Gasteiger partial charge in [-0.05, 0) is 29.8 Å². The van der Waals surface area contributed by atoms with Gasteiger partial charge in [-0.25, -0.2) is 0 Å². The topological polar surface area (TPSA) is 66.5 Å². The van der Waals surface area contributed by atoms with Gasteiger partial charge >= 0.3 is 0 Å². The molecule has 2 fully saturated rings. The minimum Gasteiger partial charge on any atom is -0.352 e. The molecule has 2 amide bonds. The average Bonchev–Trinajstić information content (AvgIpc) is 3.17. The van der Waals surface area contributed by atoms with E-state index in [0.29, 0.717) is 10.6 Å². The molecule has 0 spiro atoms. The van der Waals surface area contributed by atoms with Crippen molar-refractivity contribution in [2.45, 2.75) is 12.1 Å². The number of anilines is 1. The van der Waals surface area contributed by atoms with E-state index in [4.69, 9.17) is 11.6 Å². The Morgan fingerprint density at radius 2 is 1.75 bits per heavy atom. The van der Waals surface area contributed by atoms with E-state index in [-0.39, 0.29) is 17.7 Å². The summed E-state index contributed by atoms with van der Waals surface area (Å²) in [6.45, 7) is 0. The number of halogens is 2. The van der Waals surface area contributed by atoms with Crippen LogP contribution in [0.15, 0.2) is 53.0 Å². The molecule has 0 unspecified atom stereocenters. The van der Waals surface area contributed by atoms with E-state index >= 15 is 0 Å². The van der Waals surface area contributed by atoms with Gasteiger partial charge in [-0.15, -0.1) is 0 Å². The number of fused-ring (bicyclic) bond motifs is 5. The van der Waals surface area contributed by atoms with Crippen molar-refractivity contribution in [2.75, 3.05) is 4.90 Å². The third-order valence-corrected chi connectivity index (χ3v) is 6.47. The van der Waals surface area contributed by atoms with Gasteiger partial charge in [0.2, 0.25) is 11.8 Å². The van der Waals surface area contributed by atoms with Crippen molar-refractivity contribution in [3.63, 3.8) is 0 Å². The lowest BCUT2D eigenvalue weighted by Crippen LogP contribution is -2.47. The Bertz CT molecular complexity index is 1070. The first-order valence-electron chi connectivity index (χ1n) is 8.86. The van der Waals surface area contributed by atoms with Crippen LogP contribution in [-0.4, -0.2) is 29.7 Å². The Kier molecular flexibility index (Phi) is 3.96. The number of carbonyl (C=O) groups excluding carboxylic acids is 3. The molecule has 1 N–H and O–H groups in total. The fourth-order valence-electron chi connectivity index (χ4n) is 4.53. The number of amides is 2. The van der Waals surface area contributed by atoms with Crippen molar-refractivity contribution >= 4 is 56.9 Å². The Morgan fingerprint density at radius 1 is 1.04 bits per heavy atom. The van der Waals surface area contributed by atoms with E-state index in [1.54, 1.807) is 36.4 Å². The van der Waals surface area contributed by atoms with E-state index in [0.717, 1.165) is 15.7 Å². The molecular formula is C21H14BrClN2O3. The molecule has 3 aliphatic heterocycles. The van der Waals surface area contributed by atoms with Gasteiger partial charge in [0.1, 0.15) is 6.04 Å². The fourth-order valence-corrected chi connectivity index (χ4v) is 4.96. The zero-order valence-corrected chi connectivity index (χ0v) is 16.8. The smallest absolute Gasteiger partial charge is 0.233 e. The van der Waals surface area contributed by atoms with Crippen molar-refractivity contribution in [2.24, 2.45) is 11.8 Å². The van der Waals surface area contributed by atoms with Crippen molar-refractivity contribution in [3.05, 3.63) is 69.2 Å². The Balaban J connectivity index is 1.67. The molecule has 4 atom stereocenters. The van der Waals surface area contributed by atoms with Crippen LogP contribution in [-0.2, 0) is 9.59 Å². The van der Waals surface area contributed by atoms with Gasteiger partial charge in [-0.1, -0.05) is 57.9 Å². The Labute approximate surface area is 174 Å². The molecule has 7 heteroatoms. The van der Waals surface area contributed by atoms with E-state index in [9.17, 15) is 14.4 Å². The van der Waals surface area contributed by atoms with E-state index in [2.05, 4.69) is 21.2 Å². The van der Waals surface area contributed by atoms with Crippen LogP contribution < -0.4 is 10.2 Å². The van der Waals surface area contributed by atoms with Gasteiger partial charge in [-0.3, -0.25) is 19.7 Å². The molecule has 2 aromatic carbocycles. The maximum atomic E-state index is 13.5. The molecule has 3 aliphatic rings. The predicted molar refractivity (Wildman–Crippen MR) is 109 cm³/mol. The SMILES string of the molecule is O=C1NC(=O)[C@@H]2[C@@H]1[C@@H](C(=O)c1ccc(Br)cc1)N1c3cc(Cl)ccc3C=C[C@@H]21. The zero-order chi connectivity index (χ0) is 19.6. The number of Topliss-reactive ketones (excluding diaryl/α,β-unsaturated/α-hetero) is 1. The number of rotatable bonds is 2. The molecule has 0 bridgehead atoms. The third kappa shape index (κ3) is 2.48. The average molecular weight is 458 g/mol. The minimum absolute atomic E-state index is 0.184. The van der Waals surface area contributed by atoms with Crippen molar-refractivity contribution in [1.82, 2.24) is 5.32 Å². The molecule has 0 aliphatic carbocycles. The number of imide groups is 1. The molecule has 5 nitrogen and oxygen atoms in total. The Hall–Kier alpha value is -2.44. The monoisotopic (exact) mass is 456 g/mol. The second-order valence-corrected chi connectivity index (χ2v) is 8.53. The number of nitrogens with zero attached hydrogens (tertiary/aromatic N) is 1. The molecule has 28 heavy (non-hydrogen) atoms. The maximum absolute atomic E-state index is 13.5. The number of carbonyl (C=O) groups is 3. The first-order chi connectivity index (χ1) is 13.5. The summed E-state index contributed by atoms with van der Waals surface area (Å²) in [7, 11) is 0. The second-order valence-electron chi connectivity index (χ2n) is 7.18. The van der Waals surface area contributed by atoms with Gasteiger partial charge in [0.15, 0.2) is 5.78 Å². The fraction of sp³-hybridized carbons (Fsp3) is 0.190. The molecule has 140 valence electrons. The van der Waals surface area contributed by atoms with Crippen LogP contribution >= 0.6 is 27.5 Å². The maximum Gasteiger partial charge on any atom is 0.233 e. The number of benzene rings is 2. The lowest BCUT2D eigenvalue weighted by molar-refractivity contribution is -0.126. The quantitative estimate of drug-likeness (QED) is 0.554. The molecule has 5 rings (SSSR count). The molecule has 3 heterocycles. The van der Waals surface area contributed by atoms with Crippen molar-refractivity contribution < 1.29 is 14.4 Å². The van der Waals surface area contributed by atoms with Crippen molar-refractivity contribution in [3.8, 4) is 0 Å². The van der Waals surface area contributed by atoms with Gasteiger partial charge < -0.3 is 4.90 Å². The minimum atomic E-state index is -0.773. The van der Waals surface area contributed by atoms with E-state index in [1.807, 2.05) is 23.1 Å². The normalized spacial score (nSPS) is 27.3.